The van der Waals surface area contributed by atoms with Crippen LogP contribution in [0.5, 0.6) is 0 Å². The molecule has 0 aromatic rings. The van der Waals surface area contributed by atoms with Crippen molar-refractivity contribution in [2.45, 2.75) is 44.2 Å². The fraction of sp³-hybridized carbons (Fsp3) is 0.909. The number of hydrogen-bond donors (Lipinski definition) is 2. The third-order valence-corrected chi connectivity index (χ3v) is 3.84. The van der Waals surface area contributed by atoms with Crippen LogP contribution in [0.15, 0.2) is 0 Å². The molecule has 2 fully saturated rings. The van der Waals surface area contributed by atoms with E-state index in [0.717, 1.165) is 12.8 Å². The highest BCUT2D eigenvalue weighted by Gasteiger charge is 2.39. The molecule has 4 nitrogen and oxygen atoms in total. The molecule has 3 atom stereocenters. The molecule has 3 N–H and O–H groups in total. The second kappa shape index (κ2) is 4.49. The van der Waals surface area contributed by atoms with Gasteiger partial charge >= 0.3 is 0 Å². The van der Waals surface area contributed by atoms with Crippen LogP contribution in [0.4, 0.5) is 0 Å². The van der Waals surface area contributed by atoms with Gasteiger partial charge in [0.2, 0.25) is 5.91 Å². The van der Waals surface area contributed by atoms with Crippen molar-refractivity contribution in [2.75, 3.05) is 13.1 Å². The molecule has 4 heteroatoms. The van der Waals surface area contributed by atoms with Crippen molar-refractivity contribution < 1.29 is 9.90 Å². The van der Waals surface area contributed by atoms with Crippen molar-refractivity contribution in [2.24, 2.45) is 11.7 Å². The number of nitrogens with two attached hydrogens (primary N) is 1. The lowest BCUT2D eigenvalue weighted by Crippen LogP contribution is -2.55. The van der Waals surface area contributed by atoms with Crippen LogP contribution in [0.1, 0.15) is 32.1 Å². The summed E-state index contributed by atoms with van der Waals surface area (Å²) in [5.74, 6) is 0.335. The summed E-state index contributed by atoms with van der Waals surface area (Å²) in [5.41, 5.74) is 5.41. The van der Waals surface area contributed by atoms with E-state index in [0.29, 0.717) is 18.9 Å². The zero-order valence-electron chi connectivity index (χ0n) is 9.06. The first-order valence-electron chi connectivity index (χ1n) is 5.91. The summed E-state index contributed by atoms with van der Waals surface area (Å²) in [7, 11) is 0. The molecule has 1 saturated heterocycles. The third-order valence-electron chi connectivity index (χ3n) is 3.84. The smallest absolute Gasteiger partial charge is 0.236 e. The second-order valence-corrected chi connectivity index (χ2v) is 4.66. The van der Waals surface area contributed by atoms with Gasteiger partial charge in [-0.3, -0.25) is 4.79 Å². The van der Waals surface area contributed by atoms with E-state index in [4.69, 9.17) is 5.73 Å². The third kappa shape index (κ3) is 2.01. The summed E-state index contributed by atoms with van der Waals surface area (Å²) in [5, 5.41) is 9.91. The van der Waals surface area contributed by atoms with E-state index >= 15 is 0 Å². The Morgan fingerprint density at radius 2 is 2.07 bits per heavy atom. The van der Waals surface area contributed by atoms with Gasteiger partial charge in [-0.05, 0) is 19.3 Å². The fourth-order valence-electron chi connectivity index (χ4n) is 3.05. The molecule has 2 aliphatic rings. The van der Waals surface area contributed by atoms with E-state index in [2.05, 4.69) is 0 Å². The Labute approximate surface area is 90.4 Å². The van der Waals surface area contributed by atoms with Crippen LogP contribution in [0.25, 0.3) is 0 Å². The van der Waals surface area contributed by atoms with E-state index in [1.807, 2.05) is 4.90 Å². The van der Waals surface area contributed by atoms with Gasteiger partial charge in [0, 0.05) is 18.5 Å². The largest absolute Gasteiger partial charge is 0.393 e. The first kappa shape index (κ1) is 10.9. The van der Waals surface area contributed by atoms with Gasteiger partial charge < -0.3 is 15.7 Å². The van der Waals surface area contributed by atoms with E-state index < -0.39 is 0 Å². The Bertz CT molecular complexity index is 245. The highest BCUT2D eigenvalue weighted by atomic mass is 16.3. The van der Waals surface area contributed by atoms with Gasteiger partial charge in [-0.2, -0.15) is 0 Å². The standard InChI is InChI=1S/C11H20N2O2/c12-7-11(15)13-6-5-10(14)8-3-1-2-4-9(8)13/h8-10,14H,1-7,12H2. The molecule has 1 heterocycles. The normalized spacial score (nSPS) is 36.1. The Balaban J connectivity index is 2.10. The Kier molecular flexibility index (Phi) is 3.26. The van der Waals surface area contributed by atoms with Gasteiger partial charge in [0.25, 0.3) is 0 Å². The Morgan fingerprint density at radius 3 is 2.80 bits per heavy atom. The molecular weight excluding hydrogens is 192 g/mol. The molecule has 1 aliphatic carbocycles. The number of amides is 1. The van der Waals surface area contributed by atoms with Crippen molar-refractivity contribution in [3.63, 3.8) is 0 Å². The molecular formula is C11H20N2O2. The number of piperidine rings is 1. The molecule has 0 radical (unpaired) electrons. The van der Waals surface area contributed by atoms with E-state index in [1.165, 1.54) is 12.8 Å². The number of nitrogens with zero attached hydrogens (tertiary/aromatic N) is 1. The first-order valence-corrected chi connectivity index (χ1v) is 5.91. The number of carbonyl (C=O) groups is 1. The maximum atomic E-state index is 11.6. The Morgan fingerprint density at radius 1 is 1.33 bits per heavy atom. The monoisotopic (exact) mass is 212 g/mol. The minimum Gasteiger partial charge on any atom is -0.393 e. The summed E-state index contributed by atoms with van der Waals surface area (Å²) in [6.07, 6.45) is 4.95. The maximum absolute atomic E-state index is 11.6. The predicted octanol–water partition coefficient (Wildman–Crippen LogP) is 0.0971. The van der Waals surface area contributed by atoms with Gasteiger partial charge in [0.15, 0.2) is 0 Å². The number of fused-ring (bicyclic) bond motifs is 1. The summed E-state index contributed by atoms with van der Waals surface area (Å²) >= 11 is 0. The van der Waals surface area contributed by atoms with Crippen LogP contribution in [0, 0.1) is 5.92 Å². The molecule has 1 amide bonds. The van der Waals surface area contributed by atoms with Crippen molar-refractivity contribution in [1.29, 1.82) is 0 Å². The molecule has 0 aromatic heterocycles. The van der Waals surface area contributed by atoms with Crippen molar-refractivity contribution in [3.8, 4) is 0 Å². The quantitative estimate of drug-likeness (QED) is 0.647. The molecule has 0 spiro atoms. The Hall–Kier alpha value is -0.610. The number of rotatable bonds is 1. The lowest BCUT2D eigenvalue weighted by molar-refractivity contribution is -0.140. The van der Waals surface area contributed by atoms with Crippen LogP contribution in [0.2, 0.25) is 0 Å². The van der Waals surface area contributed by atoms with Crippen LogP contribution in [-0.4, -0.2) is 41.1 Å². The highest BCUT2D eigenvalue weighted by Crippen LogP contribution is 2.35. The van der Waals surface area contributed by atoms with Gasteiger partial charge in [-0.25, -0.2) is 0 Å². The zero-order valence-corrected chi connectivity index (χ0v) is 9.06. The number of likely N-dealkylation sites (tertiary alicyclic amines) is 1. The van der Waals surface area contributed by atoms with E-state index in [9.17, 15) is 9.90 Å². The summed E-state index contributed by atoms with van der Waals surface area (Å²) in [6.45, 7) is 0.775. The lowest BCUT2D eigenvalue weighted by Gasteiger charge is -2.46. The molecule has 1 aliphatic heterocycles. The van der Waals surface area contributed by atoms with Crippen molar-refractivity contribution >= 4 is 5.91 Å². The molecule has 3 unspecified atom stereocenters. The molecule has 86 valence electrons. The average molecular weight is 212 g/mol. The fourth-order valence-corrected chi connectivity index (χ4v) is 3.05. The summed E-state index contributed by atoms with van der Waals surface area (Å²) in [4.78, 5) is 13.5. The van der Waals surface area contributed by atoms with Gasteiger partial charge in [0.05, 0.1) is 12.6 Å². The zero-order chi connectivity index (χ0) is 10.8. The van der Waals surface area contributed by atoms with Crippen molar-refractivity contribution in [3.05, 3.63) is 0 Å². The molecule has 2 rings (SSSR count). The van der Waals surface area contributed by atoms with E-state index in [-0.39, 0.29) is 24.6 Å². The topological polar surface area (TPSA) is 66.6 Å². The molecule has 15 heavy (non-hydrogen) atoms. The minimum absolute atomic E-state index is 0.0406. The SMILES string of the molecule is NCC(=O)N1CCC(O)C2CCCCC21. The van der Waals surface area contributed by atoms with Crippen LogP contribution < -0.4 is 5.73 Å². The molecule has 0 bridgehead atoms. The van der Waals surface area contributed by atoms with Crippen LogP contribution in [0.3, 0.4) is 0 Å². The first-order chi connectivity index (χ1) is 7.24. The number of aliphatic hydroxyl groups is 1. The van der Waals surface area contributed by atoms with Crippen molar-refractivity contribution in [1.82, 2.24) is 4.90 Å². The highest BCUT2D eigenvalue weighted by molar-refractivity contribution is 5.78. The minimum atomic E-state index is -0.211. The average Bonchev–Trinajstić information content (AvgIpc) is 2.29. The number of hydrogen-bond acceptors (Lipinski definition) is 3. The number of carbonyl (C=O) groups excluding carboxylic acids is 1. The molecule has 1 saturated carbocycles. The van der Waals surface area contributed by atoms with Gasteiger partial charge in [-0.1, -0.05) is 12.8 Å². The second-order valence-electron chi connectivity index (χ2n) is 4.66. The van der Waals surface area contributed by atoms with Gasteiger partial charge in [0.1, 0.15) is 0 Å². The van der Waals surface area contributed by atoms with Crippen LogP contribution in [-0.2, 0) is 4.79 Å². The van der Waals surface area contributed by atoms with Gasteiger partial charge in [-0.15, -0.1) is 0 Å². The summed E-state index contributed by atoms with van der Waals surface area (Å²) < 4.78 is 0. The van der Waals surface area contributed by atoms with Crippen LogP contribution >= 0.6 is 0 Å². The van der Waals surface area contributed by atoms with E-state index in [1.54, 1.807) is 0 Å². The number of aliphatic hydroxyl groups excluding tert-OH is 1. The summed E-state index contributed by atoms with van der Waals surface area (Å²) in [6, 6.07) is 0.249. The lowest BCUT2D eigenvalue weighted by atomic mass is 9.76. The molecule has 0 aromatic carbocycles. The predicted molar refractivity (Wildman–Crippen MR) is 57.1 cm³/mol. The maximum Gasteiger partial charge on any atom is 0.236 e.